The highest BCUT2D eigenvalue weighted by molar-refractivity contribution is 8.01. The van der Waals surface area contributed by atoms with Gasteiger partial charge < -0.3 is 5.32 Å². The predicted molar refractivity (Wildman–Crippen MR) is 66.4 cm³/mol. The highest BCUT2D eigenvalue weighted by Gasteiger charge is 2.37. The number of thioether (sulfide) groups is 1. The molecule has 0 amide bonds. The van der Waals surface area contributed by atoms with E-state index in [0.29, 0.717) is 4.87 Å². The van der Waals surface area contributed by atoms with Crippen LogP contribution in [0.1, 0.15) is 38.5 Å². The van der Waals surface area contributed by atoms with Gasteiger partial charge in [0.25, 0.3) is 0 Å². The van der Waals surface area contributed by atoms with Crippen molar-refractivity contribution in [2.75, 3.05) is 5.32 Å². The van der Waals surface area contributed by atoms with E-state index in [1.54, 1.807) is 0 Å². The number of benzene rings is 1. The van der Waals surface area contributed by atoms with Gasteiger partial charge in [-0.15, -0.1) is 0 Å². The van der Waals surface area contributed by atoms with E-state index in [-0.39, 0.29) is 0 Å². The van der Waals surface area contributed by atoms with Crippen molar-refractivity contribution in [3.8, 4) is 0 Å². The van der Waals surface area contributed by atoms with Crippen LogP contribution in [0.15, 0.2) is 29.2 Å². The second-order valence-electron chi connectivity index (χ2n) is 4.63. The van der Waals surface area contributed by atoms with Crippen LogP contribution in [0.5, 0.6) is 0 Å². The summed E-state index contributed by atoms with van der Waals surface area (Å²) >= 11 is 2.06. The van der Waals surface area contributed by atoms with E-state index in [0.717, 1.165) is 0 Å². The SMILES string of the molecule is c1ccc2c(c1)NC1(CCCCCC1)S2. The molecule has 0 unspecified atom stereocenters. The minimum absolute atomic E-state index is 0.334. The minimum atomic E-state index is 0.334. The van der Waals surface area contributed by atoms with Crippen LogP contribution in [0, 0.1) is 0 Å². The normalized spacial score (nSPS) is 23.2. The van der Waals surface area contributed by atoms with Crippen molar-refractivity contribution in [2.24, 2.45) is 0 Å². The van der Waals surface area contributed by atoms with Crippen LogP contribution in [-0.2, 0) is 0 Å². The van der Waals surface area contributed by atoms with Crippen molar-refractivity contribution in [3.05, 3.63) is 24.3 Å². The van der Waals surface area contributed by atoms with Crippen molar-refractivity contribution < 1.29 is 0 Å². The Balaban J connectivity index is 1.86. The van der Waals surface area contributed by atoms with Crippen LogP contribution in [0.25, 0.3) is 0 Å². The maximum absolute atomic E-state index is 3.75. The molecule has 1 N–H and O–H groups in total. The molecule has 15 heavy (non-hydrogen) atoms. The molecule has 0 aromatic heterocycles. The van der Waals surface area contributed by atoms with Gasteiger partial charge in [-0.05, 0) is 25.0 Å². The lowest BCUT2D eigenvalue weighted by Gasteiger charge is -2.27. The quantitative estimate of drug-likeness (QED) is 0.700. The molecule has 0 saturated heterocycles. The van der Waals surface area contributed by atoms with Gasteiger partial charge in [-0.2, -0.15) is 0 Å². The van der Waals surface area contributed by atoms with E-state index in [2.05, 4.69) is 41.3 Å². The first-order chi connectivity index (χ1) is 7.38. The number of rotatable bonds is 0. The summed E-state index contributed by atoms with van der Waals surface area (Å²) in [5.41, 5.74) is 1.35. The molecule has 1 aromatic rings. The molecule has 1 aliphatic heterocycles. The van der Waals surface area contributed by atoms with Crippen molar-refractivity contribution in [1.29, 1.82) is 0 Å². The zero-order valence-corrected chi connectivity index (χ0v) is 9.78. The van der Waals surface area contributed by atoms with Crippen molar-refractivity contribution >= 4 is 17.4 Å². The third kappa shape index (κ3) is 1.76. The summed E-state index contributed by atoms with van der Waals surface area (Å²) in [5.74, 6) is 0. The van der Waals surface area contributed by atoms with Crippen molar-refractivity contribution in [2.45, 2.75) is 48.3 Å². The molecule has 2 aliphatic rings. The summed E-state index contributed by atoms with van der Waals surface area (Å²) < 4.78 is 0. The van der Waals surface area contributed by atoms with Crippen molar-refractivity contribution in [3.63, 3.8) is 0 Å². The summed E-state index contributed by atoms with van der Waals surface area (Å²) in [6.07, 6.45) is 8.25. The lowest BCUT2D eigenvalue weighted by atomic mass is 10.1. The van der Waals surface area contributed by atoms with E-state index in [4.69, 9.17) is 0 Å². The minimum Gasteiger partial charge on any atom is -0.369 e. The Bertz CT molecular complexity index is 326. The van der Waals surface area contributed by atoms with Crippen LogP contribution < -0.4 is 5.32 Å². The largest absolute Gasteiger partial charge is 0.369 e. The first kappa shape index (κ1) is 9.59. The van der Waals surface area contributed by atoms with Gasteiger partial charge >= 0.3 is 0 Å². The first-order valence-corrected chi connectivity index (χ1v) is 6.76. The lowest BCUT2D eigenvalue weighted by molar-refractivity contribution is 0.576. The lowest BCUT2D eigenvalue weighted by Crippen LogP contribution is -2.29. The maximum Gasteiger partial charge on any atom is 0.0880 e. The number of nitrogens with one attached hydrogen (secondary N) is 1. The Hall–Kier alpha value is -0.630. The topological polar surface area (TPSA) is 12.0 Å². The Labute approximate surface area is 95.6 Å². The highest BCUT2D eigenvalue weighted by Crippen LogP contribution is 2.51. The molecule has 2 heteroatoms. The first-order valence-electron chi connectivity index (χ1n) is 5.94. The molecule has 1 aliphatic carbocycles. The van der Waals surface area contributed by atoms with E-state index in [1.807, 2.05) is 0 Å². The molecule has 0 radical (unpaired) electrons. The van der Waals surface area contributed by atoms with Gasteiger partial charge in [0.15, 0.2) is 0 Å². The fraction of sp³-hybridized carbons (Fsp3) is 0.538. The molecule has 80 valence electrons. The van der Waals surface area contributed by atoms with Crippen LogP contribution in [0.4, 0.5) is 5.69 Å². The number of hydrogen-bond donors (Lipinski definition) is 1. The smallest absolute Gasteiger partial charge is 0.0880 e. The van der Waals surface area contributed by atoms with Gasteiger partial charge in [0.05, 0.1) is 4.87 Å². The molecular formula is C13H17NS. The Morgan fingerprint density at radius 1 is 1.00 bits per heavy atom. The molecule has 1 aromatic carbocycles. The van der Waals surface area contributed by atoms with Gasteiger partial charge in [-0.25, -0.2) is 0 Å². The summed E-state index contributed by atoms with van der Waals surface area (Å²) in [4.78, 5) is 1.78. The number of hydrogen-bond acceptors (Lipinski definition) is 2. The monoisotopic (exact) mass is 219 g/mol. The molecule has 1 nitrogen and oxygen atoms in total. The van der Waals surface area contributed by atoms with Gasteiger partial charge in [-0.3, -0.25) is 0 Å². The third-order valence-electron chi connectivity index (χ3n) is 3.47. The molecule has 1 heterocycles. The van der Waals surface area contributed by atoms with E-state index in [9.17, 15) is 0 Å². The summed E-state index contributed by atoms with van der Waals surface area (Å²) in [7, 11) is 0. The van der Waals surface area contributed by atoms with Crippen LogP contribution in [0.3, 0.4) is 0 Å². The van der Waals surface area contributed by atoms with Crippen molar-refractivity contribution in [1.82, 2.24) is 0 Å². The summed E-state index contributed by atoms with van der Waals surface area (Å²) in [6, 6.07) is 8.72. The highest BCUT2D eigenvalue weighted by atomic mass is 32.2. The molecule has 3 rings (SSSR count). The molecular weight excluding hydrogens is 202 g/mol. The molecule has 0 bridgehead atoms. The molecule has 1 fully saturated rings. The number of fused-ring (bicyclic) bond motifs is 1. The number of anilines is 1. The third-order valence-corrected chi connectivity index (χ3v) is 4.94. The van der Waals surface area contributed by atoms with Crippen LogP contribution in [0.2, 0.25) is 0 Å². The zero-order chi connectivity index (χ0) is 10.1. The second-order valence-corrected chi connectivity index (χ2v) is 6.06. The van der Waals surface area contributed by atoms with Crippen LogP contribution >= 0.6 is 11.8 Å². The van der Waals surface area contributed by atoms with Gasteiger partial charge in [0.1, 0.15) is 0 Å². The second kappa shape index (κ2) is 3.75. The van der Waals surface area contributed by atoms with E-state index in [1.165, 1.54) is 49.1 Å². The average Bonchev–Trinajstić information content (AvgIpc) is 2.45. The predicted octanol–water partition coefficient (Wildman–Crippen LogP) is 4.25. The van der Waals surface area contributed by atoms with E-state index >= 15 is 0 Å². The average molecular weight is 219 g/mol. The Morgan fingerprint density at radius 2 is 1.73 bits per heavy atom. The molecule has 1 spiro atoms. The summed E-state index contributed by atoms with van der Waals surface area (Å²) in [6.45, 7) is 0. The summed E-state index contributed by atoms with van der Waals surface area (Å²) in [5, 5.41) is 3.75. The van der Waals surface area contributed by atoms with Crippen LogP contribution in [-0.4, -0.2) is 4.87 Å². The standard InChI is InChI=1S/C13H17NS/c1-2-6-10-13(9-5-1)14-11-7-3-4-8-12(11)15-13/h3-4,7-8,14H,1-2,5-6,9-10H2. The molecule has 1 saturated carbocycles. The zero-order valence-electron chi connectivity index (χ0n) is 8.96. The fourth-order valence-electron chi connectivity index (χ4n) is 2.67. The van der Waals surface area contributed by atoms with Gasteiger partial charge in [0.2, 0.25) is 0 Å². The Morgan fingerprint density at radius 3 is 2.47 bits per heavy atom. The van der Waals surface area contributed by atoms with Gasteiger partial charge in [-0.1, -0.05) is 49.6 Å². The van der Waals surface area contributed by atoms with Gasteiger partial charge in [0, 0.05) is 10.6 Å². The maximum atomic E-state index is 3.75. The Kier molecular flexibility index (Phi) is 2.39. The fourth-order valence-corrected chi connectivity index (χ4v) is 4.12. The molecule has 0 atom stereocenters. The van der Waals surface area contributed by atoms with E-state index < -0.39 is 0 Å². The number of para-hydroxylation sites is 1.